The quantitative estimate of drug-likeness (QED) is 0.632. The Labute approximate surface area is 189 Å². The van der Waals surface area contributed by atoms with Gasteiger partial charge in [-0.25, -0.2) is 19.2 Å². The second kappa shape index (κ2) is 8.22. The molecule has 0 spiro atoms. The summed E-state index contributed by atoms with van der Waals surface area (Å²) < 4.78 is 24.9. The van der Waals surface area contributed by atoms with Crippen LogP contribution in [0.5, 0.6) is 5.88 Å². The Kier molecular flexibility index (Phi) is 5.35. The molecule has 4 heterocycles. The van der Waals surface area contributed by atoms with Crippen LogP contribution in [0.25, 0.3) is 0 Å². The molecule has 2 aromatic heterocycles. The number of ether oxygens (including phenoxy) is 2. The Hall–Kier alpha value is -3.34. The smallest absolute Gasteiger partial charge is 0.416 e. The molecule has 1 fully saturated rings. The van der Waals surface area contributed by atoms with Crippen LogP contribution in [0.3, 0.4) is 0 Å². The number of nitrogens with one attached hydrogen (secondary N) is 2. The largest absolute Gasteiger partial charge is 0.465 e. The zero-order chi connectivity index (χ0) is 23.2. The molecule has 2 N–H and O–H groups in total. The van der Waals surface area contributed by atoms with Crippen molar-refractivity contribution in [2.24, 2.45) is 5.92 Å². The summed E-state index contributed by atoms with van der Waals surface area (Å²) in [5.41, 5.74) is 2.01. The molecule has 11 heteroatoms. The summed E-state index contributed by atoms with van der Waals surface area (Å²) in [5.74, 6) is 0.462. The third-order valence-electron chi connectivity index (χ3n) is 6.36. The number of nitrogens with zero attached hydrogens (tertiary/aromatic N) is 4. The fourth-order valence-electron chi connectivity index (χ4n) is 4.61. The van der Waals surface area contributed by atoms with Crippen molar-refractivity contribution in [3.63, 3.8) is 0 Å². The first-order valence-corrected chi connectivity index (χ1v) is 10.9. The summed E-state index contributed by atoms with van der Waals surface area (Å²) in [6.07, 6.45) is 4.33. The van der Waals surface area contributed by atoms with Crippen LogP contribution >= 0.6 is 0 Å². The Morgan fingerprint density at radius 1 is 1.27 bits per heavy atom. The summed E-state index contributed by atoms with van der Waals surface area (Å²) in [7, 11) is 0. The first kappa shape index (κ1) is 21.5. The predicted octanol–water partition coefficient (Wildman–Crippen LogP) is 1.76. The molecular formula is C22H25FN6O4. The monoisotopic (exact) mass is 456 g/mol. The number of anilines is 2. The average molecular weight is 456 g/mol. The summed E-state index contributed by atoms with van der Waals surface area (Å²) >= 11 is 0. The van der Waals surface area contributed by atoms with Gasteiger partial charge in [0, 0.05) is 12.1 Å². The van der Waals surface area contributed by atoms with Crippen LogP contribution in [0.15, 0.2) is 12.4 Å². The molecule has 2 aromatic rings. The normalized spacial score (nSPS) is 23.6. The number of pyridine rings is 1. The highest BCUT2D eigenvalue weighted by Crippen LogP contribution is 2.32. The van der Waals surface area contributed by atoms with Crippen molar-refractivity contribution in [2.45, 2.75) is 38.7 Å². The maximum Gasteiger partial charge on any atom is 0.416 e. The van der Waals surface area contributed by atoms with Crippen molar-refractivity contribution < 1.29 is 23.5 Å². The van der Waals surface area contributed by atoms with Crippen LogP contribution in [0.1, 0.15) is 30.2 Å². The van der Waals surface area contributed by atoms with Crippen LogP contribution in [0.4, 0.5) is 20.8 Å². The highest BCUT2D eigenvalue weighted by atomic mass is 19.1. The van der Waals surface area contributed by atoms with Crippen LogP contribution in [-0.4, -0.2) is 58.8 Å². The fourth-order valence-corrected chi connectivity index (χ4v) is 4.61. The lowest BCUT2D eigenvalue weighted by atomic mass is 10.0. The maximum atomic E-state index is 14.0. The van der Waals surface area contributed by atoms with E-state index in [4.69, 9.17) is 9.47 Å². The van der Waals surface area contributed by atoms with Gasteiger partial charge >= 0.3 is 6.09 Å². The van der Waals surface area contributed by atoms with E-state index in [0.29, 0.717) is 31.8 Å². The number of halogens is 1. The van der Waals surface area contributed by atoms with Gasteiger partial charge in [-0.15, -0.1) is 0 Å². The highest BCUT2D eigenvalue weighted by molar-refractivity contribution is 5.94. The minimum atomic E-state index is -0.702. The summed E-state index contributed by atoms with van der Waals surface area (Å²) in [6, 6.07) is 0. The lowest BCUT2D eigenvalue weighted by molar-refractivity contribution is -0.118. The molecule has 0 aromatic carbocycles. The molecule has 3 aliphatic rings. The summed E-state index contributed by atoms with van der Waals surface area (Å²) in [4.78, 5) is 38.0. The molecule has 0 bridgehead atoms. The van der Waals surface area contributed by atoms with Crippen molar-refractivity contribution in [3.8, 4) is 5.88 Å². The van der Waals surface area contributed by atoms with Crippen LogP contribution in [0, 0.1) is 18.7 Å². The predicted molar refractivity (Wildman–Crippen MR) is 116 cm³/mol. The molecule has 2 unspecified atom stereocenters. The van der Waals surface area contributed by atoms with E-state index in [9.17, 15) is 14.0 Å². The highest BCUT2D eigenvalue weighted by Gasteiger charge is 2.42. The number of aryl methyl sites for hydroxylation is 1. The third kappa shape index (κ3) is 4.20. The van der Waals surface area contributed by atoms with Crippen LogP contribution < -0.4 is 20.3 Å². The van der Waals surface area contributed by atoms with Gasteiger partial charge in [0.2, 0.25) is 0 Å². The Balaban J connectivity index is 1.15. The molecule has 2 atom stereocenters. The first-order chi connectivity index (χ1) is 15.8. The number of aromatic nitrogens is 3. The van der Waals surface area contributed by atoms with E-state index in [1.165, 1.54) is 17.3 Å². The molecular weight excluding hydrogens is 431 g/mol. The molecule has 0 radical (unpaired) electrons. The number of rotatable bonds is 6. The minimum absolute atomic E-state index is 0.115. The molecule has 2 aliphatic heterocycles. The second-order valence-corrected chi connectivity index (χ2v) is 9.00. The van der Waals surface area contributed by atoms with Gasteiger partial charge in [-0.2, -0.15) is 0 Å². The Morgan fingerprint density at radius 3 is 2.91 bits per heavy atom. The number of fused-ring (bicyclic) bond motifs is 2. The molecule has 174 valence electrons. The van der Waals surface area contributed by atoms with Crippen LogP contribution in [-0.2, 0) is 22.4 Å². The topological polar surface area (TPSA) is 119 Å². The van der Waals surface area contributed by atoms with E-state index in [1.807, 2.05) is 13.8 Å². The van der Waals surface area contributed by atoms with E-state index in [0.717, 1.165) is 29.8 Å². The van der Waals surface area contributed by atoms with Crippen molar-refractivity contribution in [2.75, 3.05) is 36.5 Å². The van der Waals surface area contributed by atoms with Crippen molar-refractivity contribution in [1.29, 1.82) is 0 Å². The lowest BCUT2D eigenvalue weighted by Crippen LogP contribution is -2.36. The number of amides is 2. The standard InChI is InChI=1S/C22H25FN6O4/c1-12-14-5-13(6-15(14)16(23)8-25-12)7-24-4-3-22(2)11-29(21(31)33-22)17-9-26-20-19(27-17)28-18(30)10-32-20/h8-9,13,24H,3-7,10-11H2,1-2H3,(H,27,28,30). The molecule has 1 saturated heterocycles. The van der Waals surface area contributed by atoms with E-state index in [-0.39, 0.29) is 35.8 Å². The second-order valence-electron chi connectivity index (χ2n) is 9.00. The average Bonchev–Trinajstić information content (AvgIpc) is 3.35. The zero-order valence-electron chi connectivity index (χ0n) is 18.5. The first-order valence-electron chi connectivity index (χ1n) is 10.9. The molecule has 10 nitrogen and oxygen atoms in total. The van der Waals surface area contributed by atoms with Gasteiger partial charge in [-0.05, 0) is 56.8 Å². The van der Waals surface area contributed by atoms with E-state index in [2.05, 4.69) is 25.6 Å². The summed E-state index contributed by atoms with van der Waals surface area (Å²) in [5, 5.41) is 6.01. The van der Waals surface area contributed by atoms with Crippen molar-refractivity contribution in [3.05, 3.63) is 35.0 Å². The zero-order valence-corrected chi connectivity index (χ0v) is 18.5. The van der Waals surface area contributed by atoms with Crippen molar-refractivity contribution >= 4 is 23.6 Å². The number of hydrogen-bond acceptors (Lipinski definition) is 8. The maximum absolute atomic E-state index is 14.0. The van der Waals surface area contributed by atoms with Gasteiger partial charge in [-0.3, -0.25) is 14.7 Å². The number of carbonyl (C=O) groups is 2. The third-order valence-corrected chi connectivity index (χ3v) is 6.36. The lowest BCUT2D eigenvalue weighted by Gasteiger charge is -2.22. The van der Waals surface area contributed by atoms with Gasteiger partial charge in [0.1, 0.15) is 11.4 Å². The number of hydrogen-bond donors (Lipinski definition) is 2. The molecule has 5 rings (SSSR count). The molecule has 33 heavy (non-hydrogen) atoms. The van der Waals surface area contributed by atoms with E-state index < -0.39 is 11.7 Å². The van der Waals surface area contributed by atoms with E-state index >= 15 is 0 Å². The Bertz CT molecular complexity index is 1100. The number of cyclic esters (lactones) is 1. The van der Waals surface area contributed by atoms with Gasteiger partial charge in [-0.1, -0.05) is 0 Å². The van der Waals surface area contributed by atoms with Crippen molar-refractivity contribution in [1.82, 2.24) is 20.3 Å². The molecule has 0 saturated carbocycles. The van der Waals surface area contributed by atoms with Gasteiger partial charge < -0.3 is 20.1 Å². The summed E-state index contributed by atoms with van der Waals surface area (Å²) in [6.45, 7) is 5.38. The number of carbonyl (C=O) groups excluding carboxylic acids is 2. The SMILES string of the molecule is Cc1ncc(F)c2c1CC(CNCCC1(C)CN(c3cnc4c(n3)NC(=O)CO4)C(=O)O1)C2. The molecule has 1 aliphatic carbocycles. The van der Waals surface area contributed by atoms with Gasteiger partial charge in [0.25, 0.3) is 11.8 Å². The van der Waals surface area contributed by atoms with Crippen LogP contribution in [0.2, 0.25) is 0 Å². The molecule has 2 amide bonds. The van der Waals surface area contributed by atoms with Gasteiger partial charge in [0.05, 0.1) is 18.9 Å². The fraction of sp³-hybridized carbons (Fsp3) is 0.500. The minimum Gasteiger partial charge on any atom is -0.465 e. The Morgan fingerprint density at radius 2 is 2.09 bits per heavy atom. The van der Waals surface area contributed by atoms with E-state index in [1.54, 1.807) is 0 Å². The van der Waals surface area contributed by atoms with Gasteiger partial charge in [0.15, 0.2) is 18.2 Å².